The molecule has 1 aromatic rings. The first kappa shape index (κ1) is 13.7. The predicted molar refractivity (Wildman–Crippen MR) is 66.0 cm³/mol. The zero-order chi connectivity index (χ0) is 12.7. The molecule has 0 aliphatic heterocycles. The Kier molecular flexibility index (Phi) is 5.66. The lowest BCUT2D eigenvalue weighted by molar-refractivity contribution is -0.139. The number of nitrogens with one attached hydrogen (secondary N) is 1. The van der Waals surface area contributed by atoms with Crippen LogP contribution in [0.4, 0.5) is 0 Å². The van der Waals surface area contributed by atoms with Crippen LogP contribution in [-0.2, 0) is 11.2 Å². The quantitative estimate of drug-likeness (QED) is 0.618. The first-order valence-electron chi connectivity index (χ1n) is 5.74. The molecule has 0 bridgehead atoms. The van der Waals surface area contributed by atoms with Crippen LogP contribution in [0.25, 0.3) is 0 Å². The van der Waals surface area contributed by atoms with Gasteiger partial charge in [-0.25, -0.2) is 0 Å². The molecule has 0 heterocycles. The van der Waals surface area contributed by atoms with E-state index in [9.17, 15) is 9.90 Å². The molecule has 1 aromatic carbocycles. The summed E-state index contributed by atoms with van der Waals surface area (Å²) in [6.45, 7) is 3.10. The van der Waals surface area contributed by atoms with Crippen LogP contribution in [0.3, 0.4) is 0 Å². The number of carboxylic acid groups (broad SMARTS) is 1. The lowest BCUT2D eigenvalue weighted by atomic mass is 10.1. The third kappa shape index (κ3) is 6.04. The number of benzene rings is 1. The van der Waals surface area contributed by atoms with Crippen molar-refractivity contribution in [1.29, 1.82) is 0 Å². The number of aryl methyl sites for hydroxylation is 1. The van der Waals surface area contributed by atoms with Gasteiger partial charge in [0, 0.05) is 6.54 Å². The summed E-state index contributed by atoms with van der Waals surface area (Å²) in [5.74, 6) is -0.974. The Labute approximate surface area is 101 Å². The molecule has 94 valence electrons. The molecular formula is C13H19NO3. The molecule has 1 atom stereocenters. The molecule has 4 nitrogen and oxygen atoms in total. The Morgan fingerprint density at radius 1 is 1.35 bits per heavy atom. The molecule has 0 aliphatic rings. The van der Waals surface area contributed by atoms with Crippen molar-refractivity contribution in [2.45, 2.75) is 25.9 Å². The van der Waals surface area contributed by atoms with Crippen molar-refractivity contribution in [3.8, 4) is 0 Å². The maximum atomic E-state index is 10.3. The first-order valence-corrected chi connectivity index (χ1v) is 5.74. The highest BCUT2D eigenvalue weighted by Crippen LogP contribution is 2.03. The molecule has 17 heavy (non-hydrogen) atoms. The number of aliphatic hydroxyl groups excluding tert-OH is 1. The van der Waals surface area contributed by atoms with E-state index in [0.717, 1.165) is 13.0 Å². The number of aliphatic hydroxyl groups is 1. The summed E-state index contributed by atoms with van der Waals surface area (Å²) in [6, 6.07) is 8.28. The minimum atomic E-state index is -0.974. The number of aliphatic carboxylic acids is 1. The summed E-state index contributed by atoms with van der Waals surface area (Å²) in [5, 5.41) is 20.8. The monoisotopic (exact) mass is 237 g/mol. The maximum absolute atomic E-state index is 10.3. The van der Waals surface area contributed by atoms with Crippen molar-refractivity contribution in [2.24, 2.45) is 0 Å². The van der Waals surface area contributed by atoms with E-state index >= 15 is 0 Å². The van der Waals surface area contributed by atoms with Gasteiger partial charge in [-0.05, 0) is 25.5 Å². The molecule has 1 unspecified atom stereocenters. The normalized spacial score (nSPS) is 12.4. The highest BCUT2D eigenvalue weighted by Gasteiger charge is 2.08. The van der Waals surface area contributed by atoms with Gasteiger partial charge < -0.3 is 15.5 Å². The summed E-state index contributed by atoms with van der Waals surface area (Å²) in [6.07, 6.45) is -0.150. The summed E-state index contributed by atoms with van der Waals surface area (Å²) in [4.78, 5) is 10.3. The Hall–Kier alpha value is -1.39. The lowest BCUT2D eigenvalue weighted by Gasteiger charge is -2.09. The van der Waals surface area contributed by atoms with Crippen molar-refractivity contribution in [1.82, 2.24) is 5.32 Å². The Morgan fingerprint density at radius 2 is 2.00 bits per heavy atom. The SMILES string of the molecule is Cc1ccc(CCNCC(O)CC(=O)O)cc1. The van der Waals surface area contributed by atoms with Crippen molar-refractivity contribution >= 4 is 5.97 Å². The van der Waals surface area contributed by atoms with E-state index in [1.807, 2.05) is 6.92 Å². The average molecular weight is 237 g/mol. The standard InChI is InChI=1S/C13H19NO3/c1-10-2-4-11(5-3-10)6-7-14-9-12(15)8-13(16)17/h2-5,12,14-15H,6-9H2,1H3,(H,16,17). The largest absolute Gasteiger partial charge is 0.481 e. The molecule has 1 rings (SSSR count). The molecule has 0 spiro atoms. The Bertz CT molecular complexity index is 348. The zero-order valence-corrected chi connectivity index (χ0v) is 10.0. The molecule has 0 aliphatic carbocycles. The topological polar surface area (TPSA) is 69.6 Å². The van der Waals surface area contributed by atoms with Gasteiger partial charge in [0.15, 0.2) is 0 Å². The van der Waals surface area contributed by atoms with E-state index < -0.39 is 12.1 Å². The summed E-state index contributed by atoms with van der Waals surface area (Å²) in [5.41, 5.74) is 2.47. The minimum Gasteiger partial charge on any atom is -0.481 e. The second-order valence-corrected chi connectivity index (χ2v) is 4.19. The number of carbonyl (C=O) groups is 1. The summed E-state index contributed by atoms with van der Waals surface area (Å²) in [7, 11) is 0. The van der Waals surface area contributed by atoms with Crippen LogP contribution in [0, 0.1) is 6.92 Å². The van der Waals surface area contributed by atoms with Gasteiger partial charge in [0.25, 0.3) is 0 Å². The van der Waals surface area contributed by atoms with Gasteiger partial charge in [0.1, 0.15) is 0 Å². The fourth-order valence-corrected chi connectivity index (χ4v) is 1.53. The smallest absolute Gasteiger partial charge is 0.306 e. The highest BCUT2D eigenvalue weighted by molar-refractivity contribution is 5.67. The fourth-order valence-electron chi connectivity index (χ4n) is 1.53. The van der Waals surface area contributed by atoms with Gasteiger partial charge in [-0.1, -0.05) is 29.8 Å². The highest BCUT2D eigenvalue weighted by atomic mass is 16.4. The van der Waals surface area contributed by atoms with Crippen LogP contribution < -0.4 is 5.32 Å². The first-order chi connectivity index (χ1) is 8.08. The average Bonchev–Trinajstić information content (AvgIpc) is 2.26. The summed E-state index contributed by atoms with van der Waals surface area (Å²) < 4.78 is 0. The van der Waals surface area contributed by atoms with Crippen LogP contribution in [0.2, 0.25) is 0 Å². The van der Waals surface area contributed by atoms with Crippen LogP contribution in [0.5, 0.6) is 0 Å². The van der Waals surface area contributed by atoms with Gasteiger partial charge in [-0.15, -0.1) is 0 Å². The molecule has 0 aromatic heterocycles. The lowest BCUT2D eigenvalue weighted by Crippen LogP contribution is -2.30. The number of hydrogen-bond donors (Lipinski definition) is 3. The van der Waals surface area contributed by atoms with Crippen LogP contribution in [0.1, 0.15) is 17.5 Å². The van der Waals surface area contributed by atoms with Crippen molar-refractivity contribution in [3.05, 3.63) is 35.4 Å². The van der Waals surface area contributed by atoms with Gasteiger partial charge in [0.2, 0.25) is 0 Å². The molecule has 0 saturated heterocycles. The van der Waals surface area contributed by atoms with E-state index in [2.05, 4.69) is 29.6 Å². The van der Waals surface area contributed by atoms with Crippen molar-refractivity contribution < 1.29 is 15.0 Å². The Balaban J connectivity index is 2.15. The van der Waals surface area contributed by atoms with Crippen molar-refractivity contribution in [3.63, 3.8) is 0 Å². The van der Waals surface area contributed by atoms with Gasteiger partial charge in [-0.2, -0.15) is 0 Å². The number of hydrogen-bond acceptors (Lipinski definition) is 3. The molecule has 0 radical (unpaired) electrons. The van der Waals surface area contributed by atoms with Crippen LogP contribution in [0.15, 0.2) is 24.3 Å². The van der Waals surface area contributed by atoms with E-state index in [-0.39, 0.29) is 6.42 Å². The third-order valence-electron chi connectivity index (χ3n) is 2.50. The van der Waals surface area contributed by atoms with E-state index in [4.69, 9.17) is 5.11 Å². The maximum Gasteiger partial charge on any atom is 0.306 e. The molecule has 0 amide bonds. The number of carboxylic acids is 1. The molecule has 0 saturated carbocycles. The second kappa shape index (κ2) is 7.04. The minimum absolute atomic E-state index is 0.211. The van der Waals surface area contributed by atoms with Crippen LogP contribution >= 0.6 is 0 Å². The molecule has 3 N–H and O–H groups in total. The fraction of sp³-hybridized carbons (Fsp3) is 0.462. The molecular weight excluding hydrogens is 218 g/mol. The van der Waals surface area contributed by atoms with E-state index in [1.165, 1.54) is 11.1 Å². The van der Waals surface area contributed by atoms with Gasteiger partial charge in [0.05, 0.1) is 12.5 Å². The Morgan fingerprint density at radius 3 is 2.59 bits per heavy atom. The van der Waals surface area contributed by atoms with E-state index in [1.54, 1.807) is 0 Å². The van der Waals surface area contributed by atoms with Gasteiger partial charge >= 0.3 is 5.97 Å². The third-order valence-corrected chi connectivity index (χ3v) is 2.50. The predicted octanol–water partition coefficient (Wildman–Crippen LogP) is 0.963. The van der Waals surface area contributed by atoms with E-state index in [0.29, 0.717) is 6.54 Å². The zero-order valence-electron chi connectivity index (χ0n) is 10.0. The van der Waals surface area contributed by atoms with Gasteiger partial charge in [-0.3, -0.25) is 4.79 Å². The molecule has 4 heteroatoms. The van der Waals surface area contributed by atoms with Crippen LogP contribution in [-0.4, -0.2) is 35.4 Å². The summed E-state index contributed by atoms with van der Waals surface area (Å²) >= 11 is 0. The number of rotatable bonds is 7. The van der Waals surface area contributed by atoms with Crippen molar-refractivity contribution in [2.75, 3.05) is 13.1 Å². The second-order valence-electron chi connectivity index (χ2n) is 4.19. The molecule has 0 fully saturated rings.